The second-order valence-corrected chi connectivity index (χ2v) is 4.89. The molecule has 0 amide bonds. The zero-order valence-electron chi connectivity index (χ0n) is 10.5. The number of hydrogen-bond acceptors (Lipinski definition) is 2. The summed E-state index contributed by atoms with van der Waals surface area (Å²) in [5.74, 6) is -1.65. The van der Waals surface area contributed by atoms with Crippen molar-refractivity contribution in [2.75, 3.05) is 13.7 Å². The normalized spacial score (nSPS) is 12.2. The van der Waals surface area contributed by atoms with Gasteiger partial charge in [0, 0.05) is 18.7 Å². The van der Waals surface area contributed by atoms with Crippen molar-refractivity contribution in [3.05, 3.63) is 35.4 Å². The van der Waals surface area contributed by atoms with Gasteiger partial charge in [0.1, 0.15) is 0 Å². The van der Waals surface area contributed by atoms with E-state index in [9.17, 15) is 8.78 Å². The van der Waals surface area contributed by atoms with Crippen LogP contribution in [0.4, 0.5) is 8.78 Å². The minimum absolute atomic E-state index is 0.106. The monoisotopic (exact) mass is 243 g/mol. The molecular formula is C13H19F2NO. The molecule has 0 aliphatic rings. The maximum atomic E-state index is 13.0. The Morgan fingerprint density at radius 1 is 1.24 bits per heavy atom. The second kappa shape index (κ2) is 5.56. The van der Waals surface area contributed by atoms with Gasteiger partial charge in [0.25, 0.3) is 0 Å². The third-order valence-electron chi connectivity index (χ3n) is 3.16. The highest BCUT2D eigenvalue weighted by atomic mass is 19.2. The van der Waals surface area contributed by atoms with Gasteiger partial charge in [-0.25, -0.2) is 8.78 Å². The van der Waals surface area contributed by atoms with Crippen LogP contribution in [0, 0.1) is 11.6 Å². The van der Waals surface area contributed by atoms with E-state index < -0.39 is 11.6 Å². The van der Waals surface area contributed by atoms with Crippen molar-refractivity contribution in [2.45, 2.75) is 32.4 Å². The van der Waals surface area contributed by atoms with Crippen LogP contribution in [0.25, 0.3) is 0 Å². The molecule has 0 fully saturated rings. The van der Waals surface area contributed by atoms with Gasteiger partial charge in [-0.1, -0.05) is 6.07 Å². The van der Waals surface area contributed by atoms with Crippen LogP contribution in [0.2, 0.25) is 0 Å². The highest BCUT2D eigenvalue weighted by Gasteiger charge is 2.22. The maximum Gasteiger partial charge on any atom is 0.159 e. The summed E-state index contributed by atoms with van der Waals surface area (Å²) in [7, 11) is 1.90. The first kappa shape index (κ1) is 14.1. The molecular weight excluding hydrogens is 224 g/mol. The molecule has 96 valence electrons. The topological polar surface area (TPSA) is 23.5 Å². The average Bonchev–Trinajstić information content (AvgIpc) is 2.23. The third-order valence-corrected chi connectivity index (χ3v) is 3.16. The van der Waals surface area contributed by atoms with Crippen LogP contribution in [0.15, 0.2) is 18.2 Å². The van der Waals surface area contributed by atoms with Gasteiger partial charge in [-0.2, -0.15) is 0 Å². The summed E-state index contributed by atoms with van der Waals surface area (Å²) in [6, 6.07) is 3.92. The van der Waals surface area contributed by atoms with Crippen molar-refractivity contribution in [2.24, 2.45) is 0 Å². The van der Waals surface area contributed by atoms with Crippen molar-refractivity contribution in [3.63, 3.8) is 0 Å². The number of nitrogens with zero attached hydrogens (tertiary/aromatic N) is 1. The van der Waals surface area contributed by atoms with E-state index >= 15 is 0 Å². The molecule has 0 aromatic heterocycles. The smallest absolute Gasteiger partial charge is 0.159 e. The molecule has 0 heterocycles. The van der Waals surface area contributed by atoms with Crippen LogP contribution < -0.4 is 0 Å². The van der Waals surface area contributed by atoms with Crippen LogP contribution in [-0.2, 0) is 6.54 Å². The molecule has 4 heteroatoms. The number of aliphatic hydroxyl groups is 1. The zero-order valence-corrected chi connectivity index (χ0v) is 10.5. The molecule has 1 rings (SSSR count). The Balaban J connectivity index is 2.73. The van der Waals surface area contributed by atoms with Gasteiger partial charge < -0.3 is 5.11 Å². The van der Waals surface area contributed by atoms with Crippen molar-refractivity contribution >= 4 is 0 Å². The second-order valence-electron chi connectivity index (χ2n) is 4.89. The number of rotatable bonds is 5. The first-order valence-electron chi connectivity index (χ1n) is 5.63. The molecule has 0 saturated heterocycles. The predicted octanol–water partition coefficient (Wildman–Crippen LogP) is 2.56. The lowest BCUT2D eigenvalue weighted by atomic mass is 9.98. The molecule has 0 aliphatic heterocycles. The Morgan fingerprint density at radius 2 is 1.88 bits per heavy atom. The Labute approximate surface area is 101 Å². The fourth-order valence-corrected chi connectivity index (χ4v) is 1.59. The van der Waals surface area contributed by atoms with E-state index in [-0.39, 0.29) is 12.1 Å². The molecule has 0 atom stereocenters. The van der Waals surface area contributed by atoms with E-state index in [1.54, 1.807) is 6.07 Å². The summed E-state index contributed by atoms with van der Waals surface area (Å²) in [6.45, 7) is 4.63. The maximum absolute atomic E-state index is 13.0. The van der Waals surface area contributed by atoms with E-state index in [0.29, 0.717) is 13.0 Å². The minimum Gasteiger partial charge on any atom is -0.396 e. The highest BCUT2D eigenvalue weighted by Crippen LogP contribution is 2.20. The number of halogens is 2. The average molecular weight is 243 g/mol. The molecule has 2 nitrogen and oxygen atoms in total. The first-order chi connectivity index (χ1) is 7.86. The van der Waals surface area contributed by atoms with Gasteiger partial charge in [-0.05, 0) is 45.0 Å². The van der Waals surface area contributed by atoms with E-state index in [1.165, 1.54) is 6.07 Å². The Kier molecular flexibility index (Phi) is 4.60. The molecule has 0 unspecified atom stereocenters. The lowest BCUT2D eigenvalue weighted by Gasteiger charge is -2.35. The Hall–Kier alpha value is -1.00. The Morgan fingerprint density at radius 3 is 2.41 bits per heavy atom. The van der Waals surface area contributed by atoms with Crippen molar-refractivity contribution < 1.29 is 13.9 Å². The minimum atomic E-state index is -0.828. The fraction of sp³-hybridized carbons (Fsp3) is 0.538. The van der Waals surface area contributed by atoms with E-state index in [2.05, 4.69) is 0 Å². The van der Waals surface area contributed by atoms with E-state index in [1.807, 2.05) is 25.8 Å². The van der Waals surface area contributed by atoms with Crippen LogP contribution in [0.1, 0.15) is 25.8 Å². The molecule has 1 N–H and O–H groups in total. The number of benzene rings is 1. The van der Waals surface area contributed by atoms with Gasteiger partial charge in [0.2, 0.25) is 0 Å². The number of aliphatic hydroxyl groups excluding tert-OH is 1. The highest BCUT2D eigenvalue weighted by molar-refractivity contribution is 5.17. The molecule has 0 spiro atoms. The van der Waals surface area contributed by atoms with Crippen LogP contribution in [0.5, 0.6) is 0 Å². The fourth-order valence-electron chi connectivity index (χ4n) is 1.59. The van der Waals surface area contributed by atoms with Crippen LogP contribution >= 0.6 is 0 Å². The molecule has 0 saturated carbocycles. The molecule has 1 aromatic rings. The summed E-state index contributed by atoms with van der Waals surface area (Å²) >= 11 is 0. The van der Waals surface area contributed by atoms with E-state index in [0.717, 1.165) is 11.6 Å². The summed E-state index contributed by atoms with van der Waals surface area (Å²) in [6.07, 6.45) is 0.632. The summed E-state index contributed by atoms with van der Waals surface area (Å²) in [5, 5.41) is 8.96. The zero-order chi connectivity index (χ0) is 13.1. The summed E-state index contributed by atoms with van der Waals surface area (Å²) in [5.41, 5.74) is 0.539. The van der Waals surface area contributed by atoms with Crippen LogP contribution in [-0.4, -0.2) is 29.2 Å². The lowest BCUT2D eigenvalue weighted by Crippen LogP contribution is -2.41. The molecule has 1 aromatic carbocycles. The van der Waals surface area contributed by atoms with Gasteiger partial charge in [0.15, 0.2) is 11.6 Å². The summed E-state index contributed by atoms with van der Waals surface area (Å²) < 4.78 is 25.8. The van der Waals surface area contributed by atoms with Crippen LogP contribution in [0.3, 0.4) is 0 Å². The van der Waals surface area contributed by atoms with E-state index in [4.69, 9.17) is 5.11 Å². The molecule has 17 heavy (non-hydrogen) atoms. The standard InChI is InChI=1S/C13H19F2NO/c1-13(2,6-7-17)16(3)9-10-4-5-11(14)12(15)8-10/h4-5,8,17H,6-7,9H2,1-3H3. The SMILES string of the molecule is CN(Cc1ccc(F)c(F)c1)C(C)(C)CCO. The largest absolute Gasteiger partial charge is 0.396 e. The predicted molar refractivity (Wildman–Crippen MR) is 63.6 cm³/mol. The lowest BCUT2D eigenvalue weighted by molar-refractivity contribution is 0.110. The Bertz CT molecular complexity index is 380. The van der Waals surface area contributed by atoms with Crippen molar-refractivity contribution in [1.82, 2.24) is 4.90 Å². The third kappa shape index (κ3) is 3.75. The molecule has 0 radical (unpaired) electrons. The van der Waals surface area contributed by atoms with Gasteiger partial charge in [0.05, 0.1) is 0 Å². The van der Waals surface area contributed by atoms with Gasteiger partial charge in [-0.15, -0.1) is 0 Å². The van der Waals surface area contributed by atoms with Gasteiger partial charge >= 0.3 is 0 Å². The molecule has 0 bridgehead atoms. The van der Waals surface area contributed by atoms with Crippen molar-refractivity contribution in [1.29, 1.82) is 0 Å². The van der Waals surface area contributed by atoms with Crippen molar-refractivity contribution in [3.8, 4) is 0 Å². The summed E-state index contributed by atoms with van der Waals surface area (Å²) in [4.78, 5) is 2.01. The van der Waals surface area contributed by atoms with Gasteiger partial charge in [-0.3, -0.25) is 4.90 Å². The quantitative estimate of drug-likeness (QED) is 0.859. The molecule has 0 aliphatic carbocycles. The number of hydrogen-bond donors (Lipinski definition) is 1. The first-order valence-corrected chi connectivity index (χ1v) is 5.63.